The summed E-state index contributed by atoms with van der Waals surface area (Å²) in [5, 5.41) is 6.10. The zero-order valence-electron chi connectivity index (χ0n) is 16.2. The van der Waals surface area contributed by atoms with Gasteiger partial charge in [0.05, 0.1) is 17.5 Å². The number of benzene rings is 1. The van der Waals surface area contributed by atoms with Crippen molar-refractivity contribution < 1.29 is 14.4 Å². The smallest absolute Gasteiger partial charge is 0.240 e. The molecule has 2 saturated heterocycles. The van der Waals surface area contributed by atoms with Gasteiger partial charge in [0.2, 0.25) is 11.8 Å². The van der Waals surface area contributed by atoms with Crippen LogP contribution in [0.1, 0.15) is 46.0 Å². The normalized spacial score (nSPS) is 22.7. The number of nitrogens with one attached hydrogen (secondary N) is 2. The Morgan fingerprint density at radius 2 is 1.89 bits per heavy atom. The first-order valence-corrected chi connectivity index (χ1v) is 9.81. The molecule has 2 fully saturated rings. The molecule has 2 heterocycles. The van der Waals surface area contributed by atoms with Crippen molar-refractivity contribution in [3.63, 3.8) is 0 Å². The van der Waals surface area contributed by atoms with E-state index in [0.29, 0.717) is 18.7 Å². The van der Waals surface area contributed by atoms with E-state index in [1.165, 1.54) is 0 Å². The minimum absolute atomic E-state index is 0.0212. The Morgan fingerprint density at radius 3 is 2.56 bits per heavy atom. The van der Waals surface area contributed by atoms with Crippen molar-refractivity contribution in [1.82, 2.24) is 10.2 Å². The molecule has 0 radical (unpaired) electrons. The molecule has 0 saturated carbocycles. The van der Waals surface area contributed by atoms with Crippen molar-refractivity contribution in [2.45, 2.75) is 58.0 Å². The van der Waals surface area contributed by atoms with Crippen LogP contribution in [-0.2, 0) is 14.4 Å². The van der Waals surface area contributed by atoms with Crippen LogP contribution in [0.15, 0.2) is 30.3 Å². The van der Waals surface area contributed by atoms with Gasteiger partial charge in [0.25, 0.3) is 0 Å². The van der Waals surface area contributed by atoms with Crippen molar-refractivity contribution in [3.05, 3.63) is 30.3 Å². The number of Topliss-reactive ketones (excluding diaryl/α,β-unsaturated/α-hetero) is 1. The number of nitrogens with zero attached hydrogens (tertiary/aromatic N) is 1. The first-order valence-electron chi connectivity index (χ1n) is 9.81. The zero-order valence-corrected chi connectivity index (χ0v) is 16.2. The second kappa shape index (κ2) is 8.21. The van der Waals surface area contributed by atoms with Crippen LogP contribution in [0.3, 0.4) is 0 Å². The van der Waals surface area contributed by atoms with Crippen LogP contribution in [0.5, 0.6) is 0 Å². The molecule has 2 aliphatic heterocycles. The van der Waals surface area contributed by atoms with Gasteiger partial charge in [0, 0.05) is 18.7 Å². The fourth-order valence-corrected chi connectivity index (χ4v) is 3.92. The Kier molecular flexibility index (Phi) is 5.95. The molecule has 2 N–H and O–H groups in total. The van der Waals surface area contributed by atoms with Crippen molar-refractivity contribution >= 4 is 23.3 Å². The molecular weight excluding hydrogens is 342 g/mol. The van der Waals surface area contributed by atoms with Crippen LogP contribution >= 0.6 is 0 Å². The maximum atomic E-state index is 13.0. The fraction of sp³-hybridized carbons (Fsp3) is 0.571. The summed E-state index contributed by atoms with van der Waals surface area (Å²) >= 11 is 0. The Hall–Kier alpha value is -2.21. The Balaban J connectivity index is 1.62. The lowest BCUT2D eigenvalue weighted by molar-refractivity contribution is -0.140. The summed E-state index contributed by atoms with van der Waals surface area (Å²) in [4.78, 5) is 40.1. The number of ketones is 1. The third kappa shape index (κ3) is 4.56. The standard InChI is InChI=1S/C21H29N3O3/c1-21(2,20(27)23-15-8-4-3-5-9-15)14-18(25)17-11-7-13-24(17)19(26)16-10-6-12-22-16/h3-5,8-9,16-17,22H,6-7,10-14H2,1-2H3,(H,23,27)/t16-,17?/m0/s1. The minimum atomic E-state index is -0.837. The minimum Gasteiger partial charge on any atom is -0.331 e. The SMILES string of the molecule is CC(C)(CC(=O)C1CCCN1C(=O)[C@@H]1CCCN1)C(=O)Nc1ccccc1. The van der Waals surface area contributed by atoms with Crippen LogP contribution in [0.25, 0.3) is 0 Å². The number of likely N-dealkylation sites (tertiary alicyclic amines) is 1. The van der Waals surface area contributed by atoms with Crippen molar-refractivity contribution in [2.75, 3.05) is 18.4 Å². The lowest BCUT2D eigenvalue weighted by Crippen LogP contribution is -2.49. The predicted octanol–water partition coefficient (Wildman–Crippen LogP) is 2.35. The Bertz CT molecular complexity index is 696. The highest BCUT2D eigenvalue weighted by Gasteiger charge is 2.40. The Labute approximate surface area is 160 Å². The van der Waals surface area contributed by atoms with E-state index in [-0.39, 0.29) is 30.1 Å². The van der Waals surface area contributed by atoms with Gasteiger partial charge in [-0.2, -0.15) is 0 Å². The van der Waals surface area contributed by atoms with Crippen LogP contribution in [0.4, 0.5) is 5.69 Å². The van der Waals surface area contributed by atoms with Gasteiger partial charge in [-0.3, -0.25) is 14.4 Å². The van der Waals surface area contributed by atoms with Gasteiger partial charge < -0.3 is 15.5 Å². The quantitative estimate of drug-likeness (QED) is 0.805. The lowest BCUT2D eigenvalue weighted by Gasteiger charge is -2.29. The van der Waals surface area contributed by atoms with Gasteiger partial charge in [-0.15, -0.1) is 0 Å². The average Bonchev–Trinajstić information content (AvgIpc) is 3.33. The molecule has 0 aromatic heterocycles. The van der Waals surface area contributed by atoms with E-state index < -0.39 is 11.5 Å². The number of para-hydroxylation sites is 1. The maximum Gasteiger partial charge on any atom is 0.240 e. The lowest BCUT2D eigenvalue weighted by atomic mass is 9.84. The third-order valence-corrected chi connectivity index (χ3v) is 5.53. The molecule has 0 spiro atoms. The number of carbonyl (C=O) groups is 3. The molecule has 27 heavy (non-hydrogen) atoms. The summed E-state index contributed by atoms with van der Waals surface area (Å²) in [6.07, 6.45) is 3.48. The average molecular weight is 371 g/mol. The van der Waals surface area contributed by atoms with Gasteiger partial charge in [-0.05, 0) is 44.4 Å². The van der Waals surface area contributed by atoms with E-state index in [1.54, 1.807) is 18.7 Å². The molecule has 6 heteroatoms. The van der Waals surface area contributed by atoms with Crippen molar-refractivity contribution in [3.8, 4) is 0 Å². The van der Waals surface area contributed by atoms with E-state index in [0.717, 1.165) is 25.8 Å². The first kappa shape index (κ1) is 19.5. The highest BCUT2D eigenvalue weighted by atomic mass is 16.2. The number of hydrogen-bond acceptors (Lipinski definition) is 4. The maximum absolute atomic E-state index is 13.0. The highest BCUT2D eigenvalue weighted by molar-refractivity contribution is 5.99. The molecule has 1 unspecified atom stereocenters. The van der Waals surface area contributed by atoms with Crippen LogP contribution in [0, 0.1) is 5.41 Å². The van der Waals surface area contributed by atoms with Gasteiger partial charge in [0.15, 0.2) is 5.78 Å². The monoisotopic (exact) mass is 371 g/mol. The molecule has 1 aromatic rings. The second-order valence-electron chi connectivity index (χ2n) is 8.19. The van der Waals surface area contributed by atoms with Gasteiger partial charge in [0.1, 0.15) is 0 Å². The number of amides is 2. The summed E-state index contributed by atoms with van der Waals surface area (Å²) < 4.78 is 0. The molecule has 2 amide bonds. The number of hydrogen-bond donors (Lipinski definition) is 2. The van der Waals surface area contributed by atoms with E-state index in [9.17, 15) is 14.4 Å². The largest absolute Gasteiger partial charge is 0.331 e. The highest BCUT2D eigenvalue weighted by Crippen LogP contribution is 2.28. The van der Waals surface area contributed by atoms with Crippen LogP contribution in [0.2, 0.25) is 0 Å². The van der Waals surface area contributed by atoms with E-state index in [1.807, 2.05) is 30.3 Å². The molecule has 6 nitrogen and oxygen atoms in total. The third-order valence-electron chi connectivity index (χ3n) is 5.53. The number of rotatable bonds is 6. The van der Waals surface area contributed by atoms with Crippen LogP contribution in [-0.4, -0.2) is 47.7 Å². The molecule has 0 aliphatic carbocycles. The van der Waals surface area contributed by atoms with E-state index in [4.69, 9.17) is 0 Å². The van der Waals surface area contributed by atoms with Gasteiger partial charge in [-0.25, -0.2) is 0 Å². The predicted molar refractivity (Wildman–Crippen MR) is 104 cm³/mol. The van der Waals surface area contributed by atoms with Crippen molar-refractivity contribution in [2.24, 2.45) is 5.41 Å². The summed E-state index contributed by atoms with van der Waals surface area (Å²) in [5.74, 6) is -0.169. The summed E-state index contributed by atoms with van der Waals surface area (Å²) in [7, 11) is 0. The molecule has 2 aliphatic rings. The first-order chi connectivity index (χ1) is 12.9. The number of anilines is 1. The summed E-state index contributed by atoms with van der Waals surface area (Å²) in [6.45, 7) is 5.05. The van der Waals surface area contributed by atoms with Crippen LogP contribution < -0.4 is 10.6 Å². The van der Waals surface area contributed by atoms with E-state index in [2.05, 4.69) is 10.6 Å². The summed E-state index contributed by atoms with van der Waals surface area (Å²) in [6, 6.07) is 8.68. The van der Waals surface area contributed by atoms with Gasteiger partial charge >= 0.3 is 0 Å². The Morgan fingerprint density at radius 1 is 1.15 bits per heavy atom. The summed E-state index contributed by atoms with van der Waals surface area (Å²) in [5.41, 5.74) is -0.122. The molecule has 0 bridgehead atoms. The molecular formula is C21H29N3O3. The fourth-order valence-electron chi connectivity index (χ4n) is 3.92. The number of carbonyl (C=O) groups excluding carboxylic acids is 3. The second-order valence-corrected chi connectivity index (χ2v) is 8.19. The topological polar surface area (TPSA) is 78.5 Å². The molecule has 1 aromatic carbocycles. The van der Waals surface area contributed by atoms with Gasteiger partial charge in [-0.1, -0.05) is 32.0 Å². The molecule has 3 rings (SSSR count). The van der Waals surface area contributed by atoms with E-state index >= 15 is 0 Å². The molecule has 2 atom stereocenters. The molecule has 146 valence electrons. The zero-order chi connectivity index (χ0) is 19.4. The van der Waals surface area contributed by atoms with Crippen molar-refractivity contribution in [1.29, 1.82) is 0 Å².